The quantitative estimate of drug-likeness (QED) is 0.768. The van der Waals surface area contributed by atoms with Crippen LogP contribution < -0.4 is 5.32 Å². The number of urea groups is 1. The minimum Gasteiger partial charge on any atom is -0.317 e. The first-order valence-electron chi connectivity index (χ1n) is 4.83. The van der Waals surface area contributed by atoms with E-state index in [4.69, 9.17) is 23.2 Å². The number of nitrogens with one attached hydrogen (secondary N) is 1. The molecule has 0 atom stereocenters. The first kappa shape index (κ1) is 11.3. The van der Waals surface area contributed by atoms with Gasteiger partial charge >= 0.3 is 6.03 Å². The van der Waals surface area contributed by atoms with E-state index in [-0.39, 0.29) is 6.03 Å². The summed E-state index contributed by atoms with van der Waals surface area (Å²) in [5, 5.41) is 3.58. The molecule has 1 heterocycles. The standard InChI is InChI=1S/C11H10Cl2N2O/c12-8-4-3-5-9(13)10(8)14-11(16)15-6-1-2-7-15/h1-5H,6-7H2,(H,14,16). The molecule has 0 fully saturated rings. The van der Waals surface area contributed by atoms with Crippen molar-refractivity contribution >= 4 is 34.9 Å². The Morgan fingerprint density at radius 3 is 2.31 bits per heavy atom. The van der Waals surface area contributed by atoms with Crippen LogP contribution in [0, 0.1) is 0 Å². The maximum Gasteiger partial charge on any atom is 0.322 e. The number of para-hydroxylation sites is 1. The summed E-state index contributed by atoms with van der Waals surface area (Å²) in [7, 11) is 0. The molecule has 2 amide bonds. The van der Waals surface area contributed by atoms with Gasteiger partial charge < -0.3 is 10.2 Å². The summed E-state index contributed by atoms with van der Waals surface area (Å²) in [5.74, 6) is 0. The van der Waals surface area contributed by atoms with Crippen LogP contribution in [0.4, 0.5) is 10.5 Å². The van der Waals surface area contributed by atoms with Crippen LogP contribution >= 0.6 is 23.2 Å². The highest BCUT2D eigenvalue weighted by atomic mass is 35.5. The Morgan fingerprint density at radius 2 is 1.75 bits per heavy atom. The Kier molecular flexibility index (Phi) is 3.36. The van der Waals surface area contributed by atoms with Crippen LogP contribution in [0.25, 0.3) is 0 Å². The lowest BCUT2D eigenvalue weighted by molar-refractivity contribution is 0.224. The van der Waals surface area contributed by atoms with Crippen LogP contribution in [-0.2, 0) is 0 Å². The minimum absolute atomic E-state index is 0.194. The number of halogens is 2. The molecule has 1 aliphatic heterocycles. The fraction of sp³-hybridized carbons (Fsp3) is 0.182. The van der Waals surface area contributed by atoms with Crippen molar-refractivity contribution in [3.05, 3.63) is 40.4 Å². The van der Waals surface area contributed by atoms with Crippen LogP contribution in [0.2, 0.25) is 10.0 Å². The number of carbonyl (C=O) groups excluding carboxylic acids is 1. The molecule has 84 valence electrons. The van der Waals surface area contributed by atoms with Gasteiger partial charge in [-0.15, -0.1) is 0 Å². The van der Waals surface area contributed by atoms with Gasteiger partial charge in [0.1, 0.15) is 0 Å². The van der Waals surface area contributed by atoms with E-state index in [2.05, 4.69) is 5.32 Å². The molecule has 2 rings (SSSR count). The third-order valence-electron chi connectivity index (χ3n) is 2.30. The normalized spacial score (nSPS) is 14.2. The first-order valence-corrected chi connectivity index (χ1v) is 5.59. The zero-order valence-corrected chi connectivity index (χ0v) is 9.92. The van der Waals surface area contributed by atoms with E-state index in [1.807, 2.05) is 12.2 Å². The Balaban J connectivity index is 2.11. The molecule has 1 N–H and O–H groups in total. The van der Waals surface area contributed by atoms with Crippen LogP contribution in [0.1, 0.15) is 0 Å². The summed E-state index contributed by atoms with van der Waals surface area (Å²) in [6, 6.07) is 4.91. The summed E-state index contributed by atoms with van der Waals surface area (Å²) in [6.07, 6.45) is 3.88. The Morgan fingerprint density at radius 1 is 1.19 bits per heavy atom. The molecule has 0 aliphatic carbocycles. The molecule has 0 spiro atoms. The number of hydrogen-bond acceptors (Lipinski definition) is 1. The van der Waals surface area contributed by atoms with Crippen LogP contribution in [0.15, 0.2) is 30.4 Å². The van der Waals surface area contributed by atoms with E-state index in [1.165, 1.54) is 0 Å². The van der Waals surface area contributed by atoms with Crippen LogP contribution in [0.5, 0.6) is 0 Å². The average molecular weight is 257 g/mol. The van der Waals surface area contributed by atoms with E-state index >= 15 is 0 Å². The number of benzene rings is 1. The molecule has 1 aliphatic rings. The third-order valence-corrected chi connectivity index (χ3v) is 2.93. The summed E-state index contributed by atoms with van der Waals surface area (Å²) in [5.41, 5.74) is 0.461. The fourth-order valence-electron chi connectivity index (χ4n) is 1.45. The molecule has 1 aromatic carbocycles. The fourth-order valence-corrected chi connectivity index (χ4v) is 1.94. The summed E-state index contributed by atoms with van der Waals surface area (Å²) < 4.78 is 0. The van der Waals surface area contributed by atoms with Gasteiger partial charge in [0.15, 0.2) is 0 Å². The lowest BCUT2D eigenvalue weighted by atomic mass is 10.3. The highest BCUT2D eigenvalue weighted by Crippen LogP contribution is 2.30. The molecule has 0 unspecified atom stereocenters. The van der Waals surface area contributed by atoms with Crippen molar-refractivity contribution in [1.82, 2.24) is 4.90 Å². The van der Waals surface area contributed by atoms with Gasteiger partial charge in [0, 0.05) is 13.1 Å². The zero-order valence-electron chi connectivity index (χ0n) is 8.41. The SMILES string of the molecule is O=C(Nc1c(Cl)cccc1Cl)N1CC=CC1. The number of rotatable bonds is 1. The molecule has 16 heavy (non-hydrogen) atoms. The van der Waals surface area contributed by atoms with Gasteiger partial charge in [-0.25, -0.2) is 4.79 Å². The van der Waals surface area contributed by atoms with Gasteiger partial charge in [-0.05, 0) is 12.1 Å². The van der Waals surface area contributed by atoms with Crippen LogP contribution in [0.3, 0.4) is 0 Å². The number of nitrogens with zero attached hydrogens (tertiary/aromatic N) is 1. The second kappa shape index (κ2) is 4.76. The molecule has 5 heteroatoms. The maximum absolute atomic E-state index is 11.8. The molecule has 0 bridgehead atoms. The lowest BCUT2D eigenvalue weighted by Gasteiger charge is -2.17. The second-order valence-corrected chi connectivity index (χ2v) is 4.22. The third kappa shape index (κ3) is 2.31. The Hall–Kier alpha value is -1.19. The van der Waals surface area contributed by atoms with Crippen molar-refractivity contribution in [2.45, 2.75) is 0 Å². The van der Waals surface area contributed by atoms with E-state index in [0.29, 0.717) is 28.8 Å². The van der Waals surface area contributed by atoms with Crippen molar-refractivity contribution in [3.63, 3.8) is 0 Å². The molecular formula is C11H10Cl2N2O. The Labute approximate surface area is 104 Å². The van der Waals surface area contributed by atoms with Gasteiger partial charge in [0.05, 0.1) is 15.7 Å². The number of anilines is 1. The molecule has 3 nitrogen and oxygen atoms in total. The maximum atomic E-state index is 11.8. The van der Waals surface area contributed by atoms with Crippen molar-refractivity contribution in [3.8, 4) is 0 Å². The minimum atomic E-state index is -0.194. The van der Waals surface area contributed by atoms with E-state index in [1.54, 1.807) is 23.1 Å². The molecular weight excluding hydrogens is 247 g/mol. The average Bonchev–Trinajstić information content (AvgIpc) is 2.76. The Bertz CT molecular complexity index is 417. The highest BCUT2D eigenvalue weighted by Gasteiger charge is 2.16. The van der Waals surface area contributed by atoms with Gasteiger partial charge in [-0.2, -0.15) is 0 Å². The summed E-state index contributed by atoms with van der Waals surface area (Å²) in [6.45, 7) is 1.24. The van der Waals surface area contributed by atoms with Crippen molar-refractivity contribution in [1.29, 1.82) is 0 Å². The number of carbonyl (C=O) groups is 1. The summed E-state index contributed by atoms with van der Waals surface area (Å²) in [4.78, 5) is 13.4. The second-order valence-electron chi connectivity index (χ2n) is 3.40. The van der Waals surface area contributed by atoms with Crippen molar-refractivity contribution in [2.24, 2.45) is 0 Å². The van der Waals surface area contributed by atoms with Gasteiger partial charge in [-0.1, -0.05) is 41.4 Å². The van der Waals surface area contributed by atoms with Crippen LogP contribution in [-0.4, -0.2) is 24.0 Å². The number of hydrogen-bond donors (Lipinski definition) is 1. The predicted molar refractivity (Wildman–Crippen MR) is 66.2 cm³/mol. The van der Waals surface area contributed by atoms with Gasteiger partial charge in [-0.3, -0.25) is 0 Å². The molecule has 1 aromatic rings. The van der Waals surface area contributed by atoms with E-state index < -0.39 is 0 Å². The lowest BCUT2D eigenvalue weighted by Crippen LogP contribution is -2.32. The zero-order chi connectivity index (χ0) is 11.5. The summed E-state index contributed by atoms with van der Waals surface area (Å²) >= 11 is 11.9. The smallest absolute Gasteiger partial charge is 0.317 e. The monoisotopic (exact) mass is 256 g/mol. The van der Waals surface area contributed by atoms with Gasteiger partial charge in [0.25, 0.3) is 0 Å². The highest BCUT2D eigenvalue weighted by molar-refractivity contribution is 6.39. The first-order chi connectivity index (χ1) is 7.68. The van der Waals surface area contributed by atoms with Crippen molar-refractivity contribution < 1.29 is 4.79 Å². The van der Waals surface area contributed by atoms with E-state index in [9.17, 15) is 4.79 Å². The molecule has 0 radical (unpaired) electrons. The number of amides is 2. The van der Waals surface area contributed by atoms with Gasteiger partial charge in [0.2, 0.25) is 0 Å². The molecule has 0 aromatic heterocycles. The van der Waals surface area contributed by atoms with E-state index in [0.717, 1.165) is 0 Å². The molecule has 0 saturated heterocycles. The van der Waals surface area contributed by atoms with Crippen molar-refractivity contribution in [2.75, 3.05) is 18.4 Å². The molecule has 0 saturated carbocycles. The predicted octanol–water partition coefficient (Wildman–Crippen LogP) is 3.40. The topological polar surface area (TPSA) is 32.3 Å². The largest absolute Gasteiger partial charge is 0.322 e.